The number of hydrogen-bond acceptors (Lipinski definition) is 1. The average molecular weight is 746 g/mol. The summed E-state index contributed by atoms with van der Waals surface area (Å²) in [5, 5.41) is 0. The molecule has 3 aliphatic carbocycles. The van der Waals surface area contributed by atoms with Gasteiger partial charge in [-0.05, 0) is 130 Å². The van der Waals surface area contributed by atoms with Gasteiger partial charge in [0.25, 0.3) is 0 Å². The molecule has 2 saturated carbocycles. The van der Waals surface area contributed by atoms with E-state index in [4.69, 9.17) is 0 Å². The van der Waals surface area contributed by atoms with Gasteiger partial charge in [-0.2, -0.15) is 0 Å². The van der Waals surface area contributed by atoms with Gasteiger partial charge in [0, 0.05) is 16.9 Å². The first-order valence-corrected chi connectivity index (χ1v) is 21.2. The highest BCUT2D eigenvalue weighted by Crippen LogP contribution is 2.58. The van der Waals surface area contributed by atoms with Crippen LogP contribution in [0.4, 0.5) is 17.1 Å². The van der Waals surface area contributed by atoms with Crippen LogP contribution in [-0.2, 0) is 5.41 Å². The van der Waals surface area contributed by atoms with Crippen LogP contribution in [-0.4, -0.2) is 0 Å². The van der Waals surface area contributed by atoms with Crippen molar-refractivity contribution in [3.05, 3.63) is 234 Å². The van der Waals surface area contributed by atoms with Crippen molar-refractivity contribution in [3.63, 3.8) is 0 Å². The highest BCUT2D eigenvalue weighted by molar-refractivity contribution is 5.95. The standard InChI is InChI=1S/C57H47N/c1-39-25-33-50-51-34-32-47(38-55(51)57(54(50)35-39,44-17-7-3-8-18-44)45-19-9-4-10-20-45)58(46-30-28-42(29-31-46)53-37-40-26-27-43(53)36-40)56-24-14-13-23-52(56)49-22-12-11-21-48(49)41-15-5-2-6-16-41/h2-25,28-35,38,40,43,53H,26-27,36-37H2,1H3. The number of fused-ring (bicyclic) bond motifs is 5. The molecule has 0 spiro atoms. The molecule has 0 radical (unpaired) electrons. The molecule has 0 N–H and O–H groups in total. The van der Waals surface area contributed by atoms with Crippen LogP contribution >= 0.6 is 0 Å². The average Bonchev–Trinajstić information content (AvgIpc) is 4.01. The van der Waals surface area contributed by atoms with Crippen molar-refractivity contribution < 1.29 is 0 Å². The van der Waals surface area contributed by atoms with Gasteiger partial charge < -0.3 is 4.90 Å². The highest BCUT2D eigenvalue weighted by Gasteiger charge is 2.46. The molecule has 1 heteroatoms. The van der Waals surface area contributed by atoms with Crippen molar-refractivity contribution in [1.82, 2.24) is 0 Å². The van der Waals surface area contributed by atoms with Crippen LogP contribution in [0.2, 0.25) is 0 Å². The molecule has 58 heavy (non-hydrogen) atoms. The van der Waals surface area contributed by atoms with E-state index in [0.29, 0.717) is 5.92 Å². The highest BCUT2D eigenvalue weighted by atomic mass is 15.1. The maximum absolute atomic E-state index is 2.52. The van der Waals surface area contributed by atoms with E-state index in [1.807, 2.05) is 0 Å². The normalized spacial score (nSPS) is 18.5. The van der Waals surface area contributed by atoms with Gasteiger partial charge >= 0.3 is 0 Å². The topological polar surface area (TPSA) is 3.24 Å². The zero-order chi connectivity index (χ0) is 38.6. The third-order valence-corrected chi connectivity index (χ3v) is 13.7. The molecule has 3 atom stereocenters. The zero-order valence-electron chi connectivity index (χ0n) is 33.1. The van der Waals surface area contributed by atoms with Crippen molar-refractivity contribution in [1.29, 1.82) is 0 Å². The van der Waals surface area contributed by atoms with Gasteiger partial charge in [-0.15, -0.1) is 0 Å². The fourth-order valence-electron chi connectivity index (χ4n) is 11.2. The summed E-state index contributed by atoms with van der Waals surface area (Å²) in [6, 6.07) is 75.0. The maximum Gasteiger partial charge on any atom is 0.0714 e. The Labute approximate surface area is 343 Å². The molecule has 1 nitrogen and oxygen atoms in total. The van der Waals surface area contributed by atoms with Gasteiger partial charge in [0.2, 0.25) is 0 Å². The molecule has 2 bridgehead atoms. The zero-order valence-corrected chi connectivity index (χ0v) is 33.1. The molecular weight excluding hydrogens is 699 g/mol. The number of para-hydroxylation sites is 1. The Morgan fingerprint density at radius 1 is 0.448 bits per heavy atom. The number of nitrogens with zero attached hydrogens (tertiary/aromatic N) is 1. The molecule has 8 aromatic carbocycles. The van der Waals surface area contributed by atoms with E-state index in [2.05, 4.69) is 212 Å². The van der Waals surface area contributed by atoms with Crippen LogP contribution in [0.15, 0.2) is 200 Å². The monoisotopic (exact) mass is 745 g/mol. The van der Waals surface area contributed by atoms with Gasteiger partial charge in [0.15, 0.2) is 0 Å². The predicted octanol–water partition coefficient (Wildman–Crippen LogP) is 15.1. The third-order valence-electron chi connectivity index (χ3n) is 13.7. The molecule has 0 aliphatic heterocycles. The smallest absolute Gasteiger partial charge is 0.0714 e. The van der Waals surface area contributed by atoms with Gasteiger partial charge in [-0.3, -0.25) is 0 Å². The summed E-state index contributed by atoms with van der Waals surface area (Å²) in [6.07, 6.45) is 5.57. The fourth-order valence-corrected chi connectivity index (χ4v) is 11.2. The minimum absolute atomic E-state index is 0.494. The number of anilines is 3. The van der Waals surface area contributed by atoms with Crippen LogP contribution in [0.1, 0.15) is 65.0 Å². The minimum Gasteiger partial charge on any atom is -0.310 e. The molecule has 11 rings (SSSR count). The van der Waals surface area contributed by atoms with E-state index in [1.54, 1.807) is 0 Å². The molecule has 3 unspecified atom stereocenters. The molecular formula is C57H47N. The van der Waals surface area contributed by atoms with Crippen LogP contribution in [0.3, 0.4) is 0 Å². The van der Waals surface area contributed by atoms with E-state index in [0.717, 1.165) is 23.2 Å². The van der Waals surface area contributed by atoms with Crippen molar-refractivity contribution >= 4 is 17.1 Å². The van der Waals surface area contributed by atoms with Crippen LogP contribution in [0.5, 0.6) is 0 Å². The second-order valence-electron chi connectivity index (χ2n) is 16.9. The Bertz CT molecular complexity index is 2710. The predicted molar refractivity (Wildman–Crippen MR) is 242 cm³/mol. The van der Waals surface area contributed by atoms with Gasteiger partial charge in [0.1, 0.15) is 0 Å². The van der Waals surface area contributed by atoms with Crippen LogP contribution < -0.4 is 4.90 Å². The summed E-state index contributed by atoms with van der Waals surface area (Å²) >= 11 is 0. The molecule has 2 fully saturated rings. The van der Waals surface area contributed by atoms with Crippen LogP contribution in [0, 0.1) is 18.8 Å². The van der Waals surface area contributed by atoms with Crippen molar-refractivity contribution in [2.24, 2.45) is 11.8 Å². The van der Waals surface area contributed by atoms with Crippen LogP contribution in [0.25, 0.3) is 33.4 Å². The lowest BCUT2D eigenvalue weighted by Crippen LogP contribution is -2.29. The van der Waals surface area contributed by atoms with Gasteiger partial charge in [0.05, 0.1) is 11.1 Å². The lowest BCUT2D eigenvalue weighted by molar-refractivity contribution is 0.420. The Morgan fingerprint density at radius 3 is 1.67 bits per heavy atom. The fraction of sp³-hybridized carbons (Fsp3) is 0.158. The molecule has 0 amide bonds. The lowest BCUT2D eigenvalue weighted by Gasteiger charge is -2.35. The number of rotatable bonds is 8. The van der Waals surface area contributed by atoms with Crippen molar-refractivity contribution in [2.45, 2.75) is 43.9 Å². The second-order valence-corrected chi connectivity index (χ2v) is 16.9. The first-order valence-electron chi connectivity index (χ1n) is 21.2. The van der Waals surface area contributed by atoms with Gasteiger partial charge in [-0.25, -0.2) is 0 Å². The number of aryl methyl sites for hydroxylation is 1. The largest absolute Gasteiger partial charge is 0.310 e. The first-order chi connectivity index (χ1) is 28.7. The summed E-state index contributed by atoms with van der Waals surface area (Å²) in [7, 11) is 0. The SMILES string of the molecule is Cc1ccc2c(c1)C(c1ccccc1)(c1ccccc1)c1cc(N(c3ccc(C4CC5CCC4C5)cc3)c3ccccc3-c3ccccc3-c3ccccc3)ccc1-2. The summed E-state index contributed by atoms with van der Waals surface area (Å²) in [5.74, 6) is 2.44. The Kier molecular flexibility index (Phi) is 8.51. The minimum atomic E-state index is -0.494. The Hall–Kier alpha value is -6.44. The summed E-state index contributed by atoms with van der Waals surface area (Å²) in [6.45, 7) is 2.22. The van der Waals surface area contributed by atoms with Gasteiger partial charge in [-0.1, -0.05) is 182 Å². The summed E-state index contributed by atoms with van der Waals surface area (Å²) < 4.78 is 0. The van der Waals surface area contributed by atoms with E-state index >= 15 is 0 Å². The van der Waals surface area contributed by atoms with Crippen molar-refractivity contribution in [2.75, 3.05) is 4.90 Å². The quantitative estimate of drug-likeness (QED) is 0.150. The number of benzene rings is 8. The third kappa shape index (κ3) is 5.59. The first kappa shape index (κ1) is 34.8. The van der Waals surface area contributed by atoms with E-state index in [1.165, 1.54) is 98.1 Å². The van der Waals surface area contributed by atoms with Crippen molar-refractivity contribution in [3.8, 4) is 33.4 Å². The lowest BCUT2D eigenvalue weighted by atomic mass is 9.67. The molecule has 0 heterocycles. The molecule has 3 aliphatic rings. The summed E-state index contributed by atoms with van der Waals surface area (Å²) in [4.78, 5) is 2.52. The molecule has 8 aromatic rings. The van der Waals surface area contributed by atoms with E-state index < -0.39 is 5.41 Å². The Balaban J connectivity index is 1.15. The molecule has 0 saturated heterocycles. The second kappa shape index (κ2) is 14.2. The number of hydrogen-bond donors (Lipinski definition) is 0. The molecule has 0 aromatic heterocycles. The summed E-state index contributed by atoms with van der Waals surface area (Å²) in [5.41, 5.74) is 18.5. The van der Waals surface area contributed by atoms with E-state index in [-0.39, 0.29) is 0 Å². The maximum atomic E-state index is 2.52. The van der Waals surface area contributed by atoms with E-state index in [9.17, 15) is 0 Å². The Morgan fingerprint density at radius 2 is 1.02 bits per heavy atom. The molecule has 280 valence electrons.